The highest BCUT2D eigenvalue weighted by Crippen LogP contribution is 2.12. The van der Waals surface area contributed by atoms with Gasteiger partial charge in [-0.3, -0.25) is 4.90 Å². The Kier molecular flexibility index (Phi) is 3.91. The van der Waals surface area contributed by atoms with Gasteiger partial charge in [-0.1, -0.05) is 12.1 Å². The fourth-order valence-electron chi connectivity index (χ4n) is 2.17. The highest BCUT2D eigenvalue weighted by molar-refractivity contribution is 5.16. The van der Waals surface area contributed by atoms with Crippen molar-refractivity contribution in [3.05, 3.63) is 35.6 Å². The van der Waals surface area contributed by atoms with Gasteiger partial charge in [-0.15, -0.1) is 0 Å². The Balaban J connectivity index is 2.02. The standard InChI is InChI=1S/C13H19FN2/c1-11-5-6-15-7-8-16(11)10-12-3-2-4-13(14)9-12/h2-4,9,11,15H,5-8,10H2,1H3. The first-order valence-corrected chi connectivity index (χ1v) is 5.95. The van der Waals surface area contributed by atoms with Gasteiger partial charge in [0.1, 0.15) is 5.82 Å². The van der Waals surface area contributed by atoms with Crippen LogP contribution in [0.1, 0.15) is 18.9 Å². The number of halogens is 1. The number of nitrogens with one attached hydrogen (secondary N) is 1. The van der Waals surface area contributed by atoms with E-state index in [1.54, 1.807) is 12.1 Å². The van der Waals surface area contributed by atoms with Crippen molar-refractivity contribution in [3.8, 4) is 0 Å². The van der Waals surface area contributed by atoms with Crippen LogP contribution in [0.25, 0.3) is 0 Å². The van der Waals surface area contributed by atoms with E-state index in [9.17, 15) is 4.39 Å². The summed E-state index contributed by atoms with van der Waals surface area (Å²) in [6, 6.07) is 7.47. The second kappa shape index (κ2) is 5.41. The molecule has 1 heterocycles. The van der Waals surface area contributed by atoms with Gasteiger partial charge in [0.05, 0.1) is 0 Å². The van der Waals surface area contributed by atoms with E-state index in [4.69, 9.17) is 0 Å². The van der Waals surface area contributed by atoms with Gasteiger partial charge >= 0.3 is 0 Å². The lowest BCUT2D eigenvalue weighted by Crippen LogP contribution is -2.33. The first-order chi connectivity index (χ1) is 7.75. The Hall–Kier alpha value is -0.930. The van der Waals surface area contributed by atoms with Gasteiger partial charge in [-0.25, -0.2) is 4.39 Å². The van der Waals surface area contributed by atoms with E-state index in [0.29, 0.717) is 6.04 Å². The molecule has 1 aromatic rings. The van der Waals surface area contributed by atoms with Crippen LogP contribution in [0.3, 0.4) is 0 Å². The molecule has 0 aromatic heterocycles. The SMILES string of the molecule is CC1CCNCCN1Cc1cccc(F)c1. The second-order valence-corrected chi connectivity index (χ2v) is 4.49. The van der Waals surface area contributed by atoms with Gasteiger partial charge < -0.3 is 5.32 Å². The number of hydrogen-bond donors (Lipinski definition) is 1. The summed E-state index contributed by atoms with van der Waals surface area (Å²) in [5, 5.41) is 3.39. The van der Waals surface area contributed by atoms with Gasteiger partial charge in [0.15, 0.2) is 0 Å². The van der Waals surface area contributed by atoms with Crippen LogP contribution >= 0.6 is 0 Å². The lowest BCUT2D eigenvalue weighted by molar-refractivity contribution is 0.211. The molecule has 1 aromatic carbocycles. The van der Waals surface area contributed by atoms with E-state index >= 15 is 0 Å². The second-order valence-electron chi connectivity index (χ2n) is 4.49. The third kappa shape index (κ3) is 3.03. The molecule has 3 heteroatoms. The van der Waals surface area contributed by atoms with Crippen molar-refractivity contribution in [3.63, 3.8) is 0 Å². The van der Waals surface area contributed by atoms with Gasteiger partial charge in [0.2, 0.25) is 0 Å². The fraction of sp³-hybridized carbons (Fsp3) is 0.538. The lowest BCUT2D eigenvalue weighted by Gasteiger charge is -2.26. The van der Waals surface area contributed by atoms with E-state index in [1.165, 1.54) is 6.07 Å². The molecule has 1 atom stereocenters. The molecule has 0 spiro atoms. The predicted octanol–water partition coefficient (Wildman–Crippen LogP) is 2.01. The molecule has 0 bridgehead atoms. The molecule has 1 aliphatic heterocycles. The van der Waals surface area contributed by atoms with Crippen molar-refractivity contribution in [1.29, 1.82) is 0 Å². The monoisotopic (exact) mass is 222 g/mol. The smallest absolute Gasteiger partial charge is 0.123 e. The largest absolute Gasteiger partial charge is 0.315 e. The minimum Gasteiger partial charge on any atom is -0.315 e. The molecule has 0 saturated carbocycles. The van der Waals surface area contributed by atoms with Crippen LogP contribution in [0, 0.1) is 5.82 Å². The molecule has 88 valence electrons. The first-order valence-electron chi connectivity index (χ1n) is 5.95. The van der Waals surface area contributed by atoms with Gasteiger partial charge in [-0.2, -0.15) is 0 Å². The summed E-state index contributed by atoms with van der Waals surface area (Å²) in [6.45, 7) is 6.24. The van der Waals surface area contributed by atoms with E-state index < -0.39 is 0 Å². The van der Waals surface area contributed by atoms with Crippen molar-refractivity contribution in [2.45, 2.75) is 25.9 Å². The first kappa shape index (κ1) is 11.6. The normalized spacial score (nSPS) is 23.0. The average molecular weight is 222 g/mol. The zero-order valence-corrected chi connectivity index (χ0v) is 9.75. The Morgan fingerprint density at radius 1 is 1.44 bits per heavy atom. The zero-order chi connectivity index (χ0) is 11.4. The van der Waals surface area contributed by atoms with E-state index in [2.05, 4.69) is 17.1 Å². The summed E-state index contributed by atoms with van der Waals surface area (Å²) in [6.07, 6.45) is 1.16. The summed E-state index contributed by atoms with van der Waals surface area (Å²) in [5.41, 5.74) is 1.06. The summed E-state index contributed by atoms with van der Waals surface area (Å²) in [7, 11) is 0. The maximum Gasteiger partial charge on any atom is 0.123 e. The summed E-state index contributed by atoms with van der Waals surface area (Å²) >= 11 is 0. The highest BCUT2D eigenvalue weighted by Gasteiger charge is 2.16. The van der Waals surface area contributed by atoms with E-state index in [0.717, 1.165) is 38.2 Å². The molecule has 0 aliphatic carbocycles. The highest BCUT2D eigenvalue weighted by atomic mass is 19.1. The third-order valence-corrected chi connectivity index (χ3v) is 3.21. The fourth-order valence-corrected chi connectivity index (χ4v) is 2.17. The predicted molar refractivity (Wildman–Crippen MR) is 63.8 cm³/mol. The van der Waals surface area contributed by atoms with Crippen molar-refractivity contribution in [1.82, 2.24) is 10.2 Å². The van der Waals surface area contributed by atoms with Crippen LogP contribution in [-0.4, -0.2) is 30.6 Å². The van der Waals surface area contributed by atoms with Crippen LogP contribution < -0.4 is 5.32 Å². The molecule has 2 rings (SSSR count). The molecular weight excluding hydrogens is 203 g/mol. The molecule has 1 fully saturated rings. The van der Waals surface area contributed by atoms with Crippen molar-refractivity contribution in [2.75, 3.05) is 19.6 Å². The number of hydrogen-bond acceptors (Lipinski definition) is 2. The van der Waals surface area contributed by atoms with E-state index in [-0.39, 0.29) is 5.82 Å². The number of nitrogens with zero attached hydrogens (tertiary/aromatic N) is 1. The van der Waals surface area contributed by atoms with Crippen LogP contribution in [0.15, 0.2) is 24.3 Å². The molecule has 16 heavy (non-hydrogen) atoms. The van der Waals surface area contributed by atoms with Crippen molar-refractivity contribution in [2.24, 2.45) is 0 Å². The summed E-state index contributed by atoms with van der Waals surface area (Å²) in [5.74, 6) is -0.141. The topological polar surface area (TPSA) is 15.3 Å². The van der Waals surface area contributed by atoms with Gasteiger partial charge in [-0.05, 0) is 37.6 Å². The lowest BCUT2D eigenvalue weighted by atomic mass is 10.1. The number of benzene rings is 1. The van der Waals surface area contributed by atoms with Crippen LogP contribution in [0.5, 0.6) is 0 Å². The Bertz CT molecular complexity index is 340. The van der Waals surface area contributed by atoms with E-state index in [1.807, 2.05) is 6.07 Å². The molecule has 1 aliphatic rings. The summed E-state index contributed by atoms with van der Waals surface area (Å²) in [4.78, 5) is 2.41. The van der Waals surface area contributed by atoms with Crippen LogP contribution in [0.2, 0.25) is 0 Å². The molecular formula is C13H19FN2. The van der Waals surface area contributed by atoms with Gasteiger partial charge in [0, 0.05) is 25.7 Å². The molecule has 0 radical (unpaired) electrons. The molecule has 1 saturated heterocycles. The number of rotatable bonds is 2. The third-order valence-electron chi connectivity index (χ3n) is 3.21. The molecule has 1 N–H and O–H groups in total. The molecule has 1 unspecified atom stereocenters. The van der Waals surface area contributed by atoms with Crippen LogP contribution in [-0.2, 0) is 6.54 Å². The minimum atomic E-state index is -0.141. The van der Waals surface area contributed by atoms with Crippen molar-refractivity contribution >= 4 is 0 Å². The Morgan fingerprint density at radius 2 is 2.31 bits per heavy atom. The Morgan fingerprint density at radius 3 is 3.12 bits per heavy atom. The average Bonchev–Trinajstić information content (AvgIpc) is 2.45. The Labute approximate surface area is 96.5 Å². The maximum absolute atomic E-state index is 13.1. The zero-order valence-electron chi connectivity index (χ0n) is 9.75. The summed E-state index contributed by atoms with van der Waals surface area (Å²) < 4.78 is 13.1. The minimum absolute atomic E-state index is 0.141. The van der Waals surface area contributed by atoms with Crippen LogP contribution in [0.4, 0.5) is 4.39 Å². The maximum atomic E-state index is 13.1. The van der Waals surface area contributed by atoms with Crippen molar-refractivity contribution < 1.29 is 4.39 Å². The quantitative estimate of drug-likeness (QED) is 0.823. The molecule has 2 nitrogen and oxygen atoms in total. The molecule has 0 amide bonds. The van der Waals surface area contributed by atoms with Gasteiger partial charge in [0.25, 0.3) is 0 Å².